The molecule has 1 aliphatic carbocycles. The highest BCUT2D eigenvalue weighted by Gasteiger charge is 2.35. The van der Waals surface area contributed by atoms with Crippen LogP contribution in [0.2, 0.25) is 0 Å². The van der Waals surface area contributed by atoms with Gasteiger partial charge in [-0.1, -0.05) is 25.3 Å². The van der Waals surface area contributed by atoms with Crippen LogP contribution in [0.15, 0.2) is 17.5 Å². The van der Waals surface area contributed by atoms with Crippen LogP contribution in [-0.2, 0) is 10.2 Å². The molecule has 2 heterocycles. The van der Waals surface area contributed by atoms with Crippen LogP contribution >= 0.6 is 11.3 Å². The Morgan fingerprint density at radius 3 is 2.96 bits per heavy atom. The maximum absolute atomic E-state index is 12.5. The zero-order valence-electron chi connectivity index (χ0n) is 13.5. The number of thiophene rings is 1. The standard InChI is InChI=1S/C17H26N2O3S/c20-12-14-11-19(8-9-22-14)16(21)18-13-17(6-2-1-3-7-17)15-5-4-10-23-15/h4-5,10,14,20H,1-3,6-9,11-13H2,(H,18,21)/t14-/m1/s1. The minimum absolute atomic E-state index is 0.0340. The van der Waals surface area contributed by atoms with E-state index in [-0.39, 0.29) is 24.2 Å². The summed E-state index contributed by atoms with van der Waals surface area (Å²) in [5.41, 5.74) is 0.102. The maximum Gasteiger partial charge on any atom is 0.317 e. The van der Waals surface area contributed by atoms with Crippen molar-refractivity contribution in [3.63, 3.8) is 0 Å². The second-order valence-electron chi connectivity index (χ2n) is 6.60. The van der Waals surface area contributed by atoms with Gasteiger partial charge in [-0.2, -0.15) is 0 Å². The predicted molar refractivity (Wildman–Crippen MR) is 90.9 cm³/mol. The fraction of sp³-hybridized carbons (Fsp3) is 0.706. The number of carbonyl (C=O) groups excluding carboxylic acids is 1. The zero-order valence-corrected chi connectivity index (χ0v) is 14.3. The summed E-state index contributed by atoms with van der Waals surface area (Å²) in [5.74, 6) is 0. The fourth-order valence-electron chi connectivity index (χ4n) is 3.69. The monoisotopic (exact) mass is 338 g/mol. The number of carbonyl (C=O) groups is 1. The Kier molecular flexibility index (Phi) is 5.56. The molecule has 2 aliphatic rings. The van der Waals surface area contributed by atoms with Crippen LogP contribution in [0.5, 0.6) is 0 Å². The average Bonchev–Trinajstić information content (AvgIpc) is 3.16. The van der Waals surface area contributed by atoms with E-state index in [0.29, 0.717) is 26.2 Å². The van der Waals surface area contributed by atoms with Crippen LogP contribution in [0.1, 0.15) is 37.0 Å². The van der Waals surface area contributed by atoms with Crippen LogP contribution < -0.4 is 5.32 Å². The van der Waals surface area contributed by atoms with E-state index in [0.717, 1.165) is 12.8 Å². The van der Waals surface area contributed by atoms with Crippen LogP contribution in [-0.4, -0.2) is 55.0 Å². The number of rotatable bonds is 4. The lowest BCUT2D eigenvalue weighted by Crippen LogP contribution is -2.53. The molecular weight excluding hydrogens is 312 g/mol. The smallest absolute Gasteiger partial charge is 0.317 e. The summed E-state index contributed by atoms with van der Waals surface area (Å²) in [7, 11) is 0. The van der Waals surface area contributed by atoms with Gasteiger partial charge in [0.15, 0.2) is 0 Å². The minimum atomic E-state index is -0.254. The van der Waals surface area contributed by atoms with E-state index in [1.807, 2.05) is 0 Å². The quantitative estimate of drug-likeness (QED) is 0.886. The first-order chi connectivity index (χ1) is 11.2. The lowest BCUT2D eigenvalue weighted by molar-refractivity contribution is -0.0404. The molecule has 1 saturated carbocycles. The van der Waals surface area contributed by atoms with Crippen molar-refractivity contribution in [2.75, 3.05) is 32.8 Å². The molecule has 0 unspecified atom stereocenters. The first kappa shape index (κ1) is 16.7. The summed E-state index contributed by atoms with van der Waals surface area (Å²) in [6.07, 6.45) is 5.81. The number of ether oxygens (including phenoxy) is 1. The first-order valence-electron chi connectivity index (χ1n) is 8.53. The number of morpholine rings is 1. The van der Waals surface area contributed by atoms with Gasteiger partial charge in [0.2, 0.25) is 0 Å². The summed E-state index contributed by atoms with van der Waals surface area (Å²) in [5, 5.41) is 14.5. The lowest BCUT2D eigenvalue weighted by atomic mass is 9.73. The summed E-state index contributed by atoms with van der Waals surface area (Å²) in [6, 6.07) is 4.28. The zero-order chi connectivity index (χ0) is 16.1. The Morgan fingerprint density at radius 1 is 1.43 bits per heavy atom. The minimum Gasteiger partial charge on any atom is -0.394 e. The summed E-state index contributed by atoms with van der Waals surface area (Å²) in [4.78, 5) is 15.7. The number of urea groups is 1. The van der Waals surface area contributed by atoms with Crippen LogP contribution in [0, 0.1) is 0 Å². The number of aliphatic hydroxyl groups excluding tert-OH is 1. The van der Waals surface area contributed by atoms with Gasteiger partial charge in [0, 0.05) is 23.4 Å². The number of nitrogens with zero attached hydrogens (tertiary/aromatic N) is 1. The fourth-order valence-corrected chi connectivity index (χ4v) is 4.68. The van der Waals surface area contributed by atoms with E-state index >= 15 is 0 Å². The van der Waals surface area contributed by atoms with E-state index in [9.17, 15) is 9.90 Å². The predicted octanol–water partition coefficient (Wildman–Crippen LogP) is 2.35. The maximum atomic E-state index is 12.5. The summed E-state index contributed by atoms with van der Waals surface area (Å²) >= 11 is 1.80. The molecule has 2 amide bonds. The third kappa shape index (κ3) is 3.87. The van der Waals surface area contributed by atoms with Crippen molar-refractivity contribution in [2.45, 2.75) is 43.6 Å². The molecule has 1 aromatic rings. The third-order valence-electron chi connectivity index (χ3n) is 5.06. The van der Waals surface area contributed by atoms with E-state index < -0.39 is 0 Å². The number of nitrogens with one attached hydrogen (secondary N) is 1. The van der Waals surface area contributed by atoms with Crippen molar-refractivity contribution in [3.05, 3.63) is 22.4 Å². The van der Waals surface area contributed by atoms with Gasteiger partial charge in [0.25, 0.3) is 0 Å². The van der Waals surface area contributed by atoms with Crippen molar-refractivity contribution in [1.82, 2.24) is 10.2 Å². The molecule has 128 valence electrons. The lowest BCUT2D eigenvalue weighted by Gasteiger charge is -2.38. The summed E-state index contributed by atoms with van der Waals surface area (Å²) < 4.78 is 5.41. The van der Waals surface area contributed by atoms with Crippen LogP contribution in [0.4, 0.5) is 4.79 Å². The van der Waals surface area contributed by atoms with Crippen molar-refractivity contribution in [1.29, 1.82) is 0 Å². The Hall–Kier alpha value is -1.11. The molecular formula is C17H26N2O3S. The molecule has 1 saturated heterocycles. The highest BCUT2D eigenvalue weighted by Crippen LogP contribution is 2.41. The topological polar surface area (TPSA) is 61.8 Å². The normalized spacial score (nSPS) is 24.4. The van der Waals surface area contributed by atoms with Gasteiger partial charge in [-0.3, -0.25) is 0 Å². The van der Waals surface area contributed by atoms with Crippen molar-refractivity contribution in [2.24, 2.45) is 0 Å². The van der Waals surface area contributed by atoms with Crippen LogP contribution in [0.3, 0.4) is 0 Å². The molecule has 0 bridgehead atoms. The second kappa shape index (κ2) is 7.64. The SMILES string of the molecule is O=C(NCC1(c2cccs2)CCCCC1)N1CCO[C@@H](CO)C1. The van der Waals surface area contributed by atoms with Gasteiger partial charge in [0.1, 0.15) is 0 Å². The molecule has 2 N–H and O–H groups in total. The molecule has 2 fully saturated rings. The molecule has 0 aromatic carbocycles. The van der Waals surface area contributed by atoms with E-state index in [2.05, 4.69) is 22.8 Å². The van der Waals surface area contributed by atoms with Gasteiger partial charge in [-0.15, -0.1) is 11.3 Å². The number of hydrogen-bond acceptors (Lipinski definition) is 4. The van der Waals surface area contributed by atoms with E-state index in [4.69, 9.17) is 4.74 Å². The molecule has 0 radical (unpaired) electrons. The van der Waals surface area contributed by atoms with Crippen molar-refractivity contribution in [3.8, 4) is 0 Å². The third-order valence-corrected chi connectivity index (χ3v) is 6.18. The first-order valence-corrected chi connectivity index (χ1v) is 9.41. The number of amides is 2. The Bertz CT molecular complexity index is 500. The number of hydrogen-bond donors (Lipinski definition) is 2. The highest BCUT2D eigenvalue weighted by molar-refractivity contribution is 7.10. The molecule has 23 heavy (non-hydrogen) atoms. The largest absolute Gasteiger partial charge is 0.394 e. The van der Waals surface area contributed by atoms with E-state index in [1.165, 1.54) is 24.1 Å². The van der Waals surface area contributed by atoms with Gasteiger partial charge < -0.3 is 20.1 Å². The molecule has 6 heteroatoms. The molecule has 0 spiro atoms. The van der Waals surface area contributed by atoms with Gasteiger partial charge in [-0.25, -0.2) is 4.79 Å². The summed E-state index contributed by atoms with van der Waals surface area (Å²) in [6.45, 7) is 2.22. The highest BCUT2D eigenvalue weighted by atomic mass is 32.1. The van der Waals surface area contributed by atoms with Gasteiger partial charge in [-0.05, 0) is 24.3 Å². The number of aliphatic hydroxyl groups is 1. The second-order valence-corrected chi connectivity index (χ2v) is 7.55. The van der Waals surface area contributed by atoms with E-state index in [1.54, 1.807) is 16.2 Å². The van der Waals surface area contributed by atoms with Crippen molar-refractivity contribution < 1.29 is 14.6 Å². The molecule has 1 aromatic heterocycles. The van der Waals surface area contributed by atoms with Gasteiger partial charge in [0.05, 0.1) is 25.9 Å². The molecule has 5 nitrogen and oxygen atoms in total. The Morgan fingerprint density at radius 2 is 2.26 bits per heavy atom. The average molecular weight is 338 g/mol. The molecule has 3 rings (SSSR count). The Balaban J connectivity index is 1.61. The Labute approximate surface area is 141 Å². The van der Waals surface area contributed by atoms with Gasteiger partial charge >= 0.3 is 6.03 Å². The molecule has 1 aliphatic heterocycles. The van der Waals surface area contributed by atoms with Crippen molar-refractivity contribution >= 4 is 17.4 Å². The molecule has 1 atom stereocenters. The van der Waals surface area contributed by atoms with Crippen LogP contribution in [0.25, 0.3) is 0 Å².